The number of rotatable bonds is 7. The van der Waals surface area contributed by atoms with Gasteiger partial charge in [-0.3, -0.25) is 24.6 Å². The molecule has 1 aliphatic heterocycles. The molecular weight excluding hydrogens is 438 g/mol. The number of hydrogen-bond donors (Lipinski definition) is 1. The van der Waals surface area contributed by atoms with Crippen LogP contribution in [0.25, 0.3) is 6.08 Å². The topological polar surface area (TPSA) is 102 Å². The predicted molar refractivity (Wildman–Crippen MR) is 124 cm³/mol. The zero-order chi connectivity index (χ0) is 22.5. The van der Waals surface area contributed by atoms with Crippen LogP contribution in [0.15, 0.2) is 53.4 Å². The normalized spacial score (nSPS) is 15.8. The highest BCUT2D eigenvalue weighted by Gasteiger charge is 2.38. The average molecular weight is 458 g/mol. The number of hydrogen-bond acceptors (Lipinski definition) is 7. The maximum atomic E-state index is 12.9. The van der Waals surface area contributed by atoms with Crippen LogP contribution in [0.5, 0.6) is 5.75 Å². The van der Waals surface area contributed by atoms with Crippen LogP contribution < -0.4 is 10.1 Å². The van der Waals surface area contributed by atoms with Crippen LogP contribution in [-0.2, 0) is 9.59 Å². The van der Waals surface area contributed by atoms with Gasteiger partial charge in [0.2, 0.25) is 5.91 Å². The second-order valence-electron chi connectivity index (χ2n) is 6.53. The Morgan fingerprint density at radius 3 is 2.68 bits per heavy atom. The second kappa shape index (κ2) is 9.71. The van der Waals surface area contributed by atoms with Crippen molar-refractivity contribution >= 4 is 57.6 Å². The fourth-order valence-corrected chi connectivity index (χ4v) is 4.28. The molecule has 10 heteroatoms. The third kappa shape index (κ3) is 5.28. The number of thiocarbonyl (C=S) groups is 1. The van der Waals surface area contributed by atoms with Crippen molar-refractivity contribution in [1.29, 1.82) is 0 Å². The maximum Gasteiger partial charge on any atom is 0.270 e. The molecule has 3 rings (SSSR count). The Morgan fingerprint density at radius 1 is 1.32 bits per heavy atom. The molecule has 1 saturated heterocycles. The third-order valence-corrected chi connectivity index (χ3v) is 5.73. The van der Waals surface area contributed by atoms with Gasteiger partial charge in [0.25, 0.3) is 11.6 Å². The van der Waals surface area contributed by atoms with Gasteiger partial charge in [-0.15, -0.1) is 0 Å². The highest BCUT2D eigenvalue weighted by atomic mass is 32.2. The molecule has 1 heterocycles. The molecule has 1 aliphatic rings. The molecule has 0 aliphatic carbocycles. The summed E-state index contributed by atoms with van der Waals surface area (Å²) in [7, 11) is 0. The molecule has 0 saturated carbocycles. The number of nitro benzene ring substituents is 1. The smallest absolute Gasteiger partial charge is 0.270 e. The van der Waals surface area contributed by atoms with Crippen molar-refractivity contribution in [1.82, 2.24) is 4.90 Å². The highest BCUT2D eigenvalue weighted by molar-refractivity contribution is 8.26. The number of nitrogens with one attached hydrogen (secondary N) is 1. The van der Waals surface area contributed by atoms with E-state index in [-0.39, 0.29) is 10.0 Å². The number of nitrogens with zero attached hydrogens (tertiary/aromatic N) is 2. The van der Waals surface area contributed by atoms with E-state index in [0.717, 1.165) is 11.8 Å². The summed E-state index contributed by atoms with van der Waals surface area (Å²) in [6.45, 7) is 4.01. The first-order valence-corrected chi connectivity index (χ1v) is 10.6. The van der Waals surface area contributed by atoms with Crippen LogP contribution in [0.3, 0.4) is 0 Å². The molecule has 31 heavy (non-hydrogen) atoms. The first-order valence-electron chi connectivity index (χ1n) is 9.35. The van der Waals surface area contributed by atoms with E-state index in [9.17, 15) is 19.7 Å². The van der Waals surface area contributed by atoms with E-state index >= 15 is 0 Å². The van der Waals surface area contributed by atoms with Crippen LogP contribution in [0, 0.1) is 10.1 Å². The molecule has 1 fully saturated rings. The summed E-state index contributed by atoms with van der Waals surface area (Å²) in [6, 6.07) is 12.0. The number of ether oxygens (including phenoxy) is 1. The minimum atomic E-state index is -0.838. The van der Waals surface area contributed by atoms with Gasteiger partial charge >= 0.3 is 0 Å². The molecule has 2 amide bonds. The first kappa shape index (κ1) is 22.4. The van der Waals surface area contributed by atoms with Crippen molar-refractivity contribution in [2.75, 3.05) is 11.9 Å². The molecule has 2 aromatic rings. The molecule has 1 unspecified atom stereocenters. The van der Waals surface area contributed by atoms with Crippen LogP contribution >= 0.6 is 24.0 Å². The van der Waals surface area contributed by atoms with E-state index in [1.54, 1.807) is 37.3 Å². The number of carbonyl (C=O) groups is 2. The molecule has 0 spiro atoms. The Morgan fingerprint density at radius 2 is 2.03 bits per heavy atom. The van der Waals surface area contributed by atoms with Gasteiger partial charge in [-0.2, -0.15) is 0 Å². The van der Waals surface area contributed by atoms with Crippen LogP contribution in [0.4, 0.5) is 11.4 Å². The molecule has 1 atom stereocenters. The highest BCUT2D eigenvalue weighted by Crippen LogP contribution is 2.34. The van der Waals surface area contributed by atoms with E-state index < -0.39 is 22.8 Å². The van der Waals surface area contributed by atoms with E-state index in [2.05, 4.69) is 5.32 Å². The monoisotopic (exact) mass is 457 g/mol. The minimum Gasteiger partial charge on any atom is -0.494 e. The molecular formula is C21H19N3O5S2. The fourth-order valence-electron chi connectivity index (χ4n) is 2.86. The molecule has 1 N–H and O–H groups in total. The van der Waals surface area contributed by atoms with E-state index in [0.29, 0.717) is 28.5 Å². The number of amides is 2. The number of thioether (sulfide) groups is 1. The third-order valence-electron chi connectivity index (χ3n) is 4.40. The minimum absolute atomic E-state index is 0.0765. The van der Waals surface area contributed by atoms with Crippen molar-refractivity contribution < 1.29 is 19.2 Å². The van der Waals surface area contributed by atoms with Crippen LogP contribution in [-0.4, -0.2) is 38.6 Å². The lowest BCUT2D eigenvalue weighted by Crippen LogP contribution is -2.44. The summed E-state index contributed by atoms with van der Waals surface area (Å²) in [4.78, 5) is 37.6. The molecule has 160 valence electrons. The van der Waals surface area contributed by atoms with Crippen LogP contribution in [0.2, 0.25) is 0 Å². The van der Waals surface area contributed by atoms with Crippen molar-refractivity contribution in [3.05, 3.63) is 69.1 Å². The predicted octanol–water partition coefficient (Wildman–Crippen LogP) is 4.22. The Balaban J connectivity index is 1.73. The Labute approximate surface area is 188 Å². The number of nitro groups is 1. The lowest BCUT2D eigenvalue weighted by Gasteiger charge is -2.22. The number of anilines is 1. The maximum absolute atomic E-state index is 12.9. The van der Waals surface area contributed by atoms with Gasteiger partial charge in [0.1, 0.15) is 16.1 Å². The molecule has 0 radical (unpaired) electrons. The first-order chi connectivity index (χ1) is 14.8. The van der Waals surface area contributed by atoms with E-state index in [1.807, 2.05) is 6.92 Å². The van der Waals surface area contributed by atoms with E-state index in [4.69, 9.17) is 17.0 Å². The number of benzene rings is 2. The van der Waals surface area contributed by atoms with Gasteiger partial charge in [-0.1, -0.05) is 36.1 Å². The molecule has 0 bridgehead atoms. The fraction of sp³-hybridized carbons (Fsp3) is 0.190. The Kier molecular flexibility index (Phi) is 7.03. The van der Waals surface area contributed by atoms with E-state index in [1.165, 1.54) is 29.2 Å². The zero-order valence-electron chi connectivity index (χ0n) is 16.7. The summed E-state index contributed by atoms with van der Waals surface area (Å²) >= 11 is 6.36. The lowest BCUT2D eigenvalue weighted by atomic mass is 10.2. The van der Waals surface area contributed by atoms with Gasteiger partial charge in [0.05, 0.1) is 16.4 Å². The Hall–Kier alpha value is -3.24. The summed E-state index contributed by atoms with van der Waals surface area (Å²) < 4.78 is 5.62. The summed E-state index contributed by atoms with van der Waals surface area (Å²) in [5, 5.41) is 13.7. The van der Waals surface area contributed by atoms with Crippen molar-refractivity contribution in [3.8, 4) is 5.75 Å². The lowest BCUT2D eigenvalue weighted by molar-refractivity contribution is -0.384. The van der Waals surface area contributed by atoms with Gasteiger partial charge in [-0.05, 0) is 49.8 Å². The van der Waals surface area contributed by atoms with Crippen molar-refractivity contribution in [2.45, 2.75) is 19.9 Å². The van der Waals surface area contributed by atoms with Gasteiger partial charge in [-0.25, -0.2) is 0 Å². The quantitative estimate of drug-likeness (QED) is 0.287. The standard InChI is InChI=1S/C21H19N3O5S2/c1-3-29-17-9-7-15(8-10-17)22-19(25)13(2)23-20(26)18(31-21(23)30)12-14-5-4-6-16(11-14)24(27)28/h4-13H,3H2,1-2H3,(H,22,25)/b18-12-. The summed E-state index contributed by atoms with van der Waals surface area (Å²) in [6.07, 6.45) is 1.53. The largest absolute Gasteiger partial charge is 0.494 e. The zero-order valence-corrected chi connectivity index (χ0v) is 18.4. The summed E-state index contributed by atoms with van der Waals surface area (Å²) in [5.41, 5.74) is 0.992. The van der Waals surface area contributed by atoms with Crippen LogP contribution in [0.1, 0.15) is 19.4 Å². The number of carbonyl (C=O) groups excluding carboxylic acids is 2. The van der Waals surface area contributed by atoms with Gasteiger partial charge < -0.3 is 10.1 Å². The number of non-ortho nitro benzene ring substituents is 1. The second-order valence-corrected chi connectivity index (χ2v) is 8.20. The summed E-state index contributed by atoms with van der Waals surface area (Å²) in [5.74, 6) is -0.121. The van der Waals surface area contributed by atoms with Gasteiger partial charge in [0.15, 0.2) is 0 Å². The van der Waals surface area contributed by atoms with Gasteiger partial charge in [0, 0.05) is 17.8 Å². The molecule has 8 nitrogen and oxygen atoms in total. The average Bonchev–Trinajstić information content (AvgIpc) is 3.02. The molecule has 0 aromatic heterocycles. The molecule has 2 aromatic carbocycles. The van der Waals surface area contributed by atoms with Crippen molar-refractivity contribution in [3.63, 3.8) is 0 Å². The SMILES string of the molecule is CCOc1ccc(NC(=O)C(C)N2C(=O)/C(=C/c3cccc([N+](=O)[O-])c3)SC2=S)cc1. The van der Waals surface area contributed by atoms with Crippen molar-refractivity contribution in [2.24, 2.45) is 0 Å². The Bertz CT molecular complexity index is 1070.